The van der Waals surface area contributed by atoms with E-state index in [0.29, 0.717) is 13.1 Å². The Morgan fingerprint density at radius 3 is 2.29 bits per heavy atom. The highest BCUT2D eigenvalue weighted by Crippen LogP contribution is 2.30. The Morgan fingerprint density at radius 1 is 0.912 bits per heavy atom. The number of piperidine rings is 1. The van der Waals surface area contributed by atoms with Gasteiger partial charge in [0, 0.05) is 50.9 Å². The first-order chi connectivity index (χ1) is 16.6. The van der Waals surface area contributed by atoms with Crippen LogP contribution in [0.5, 0.6) is 0 Å². The maximum atomic E-state index is 13.2. The van der Waals surface area contributed by atoms with E-state index in [1.54, 1.807) is 11.3 Å². The fourth-order valence-electron chi connectivity index (χ4n) is 4.87. The summed E-state index contributed by atoms with van der Waals surface area (Å²) in [5.74, 6) is 0.254. The normalized spacial score (nSPS) is 18.7. The van der Waals surface area contributed by atoms with Gasteiger partial charge in [-0.2, -0.15) is 0 Å². The Bertz CT molecular complexity index is 1100. The summed E-state index contributed by atoms with van der Waals surface area (Å²) in [4.78, 5) is 36.8. The smallest absolute Gasteiger partial charge is 0.321 e. The highest BCUT2D eigenvalue weighted by atomic mass is 32.1. The number of aromatic nitrogens is 1. The molecule has 0 spiro atoms. The summed E-state index contributed by atoms with van der Waals surface area (Å²) >= 11 is 1.76. The van der Waals surface area contributed by atoms with Crippen LogP contribution in [0.2, 0.25) is 0 Å². The molecule has 1 aromatic heterocycles. The lowest BCUT2D eigenvalue weighted by Gasteiger charge is -2.40. The number of benzene rings is 2. The molecule has 7 nitrogen and oxygen atoms in total. The van der Waals surface area contributed by atoms with Gasteiger partial charge in [-0.1, -0.05) is 30.3 Å². The topological polar surface area (TPSA) is 68.8 Å². The van der Waals surface area contributed by atoms with Crippen molar-refractivity contribution in [3.8, 4) is 0 Å². The lowest BCUT2D eigenvalue weighted by Crippen LogP contribution is -2.52. The van der Waals surface area contributed by atoms with Crippen molar-refractivity contribution in [2.24, 2.45) is 5.92 Å². The van der Waals surface area contributed by atoms with Crippen molar-refractivity contribution in [3.05, 3.63) is 59.6 Å². The van der Waals surface area contributed by atoms with Gasteiger partial charge in [-0.05, 0) is 44.0 Å². The summed E-state index contributed by atoms with van der Waals surface area (Å²) in [5, 5.41) is 4.08. The molecule has 2 saturated heterocycles. The van der Waals surface area contributed by atoms with Gasteiger partial charge in [-0.15, -0.1) is 11.3 Å². The van der Waals surface area contributed by atoms with Crippen LogP contribution in [0.4, 0.5) is 10.5 Å². The van der Waals surface area contributed by atoms with Gasteiger partial charge in [0.05, 0.1) is 16.3 Å². The first-order valence-electron chi connectivity index (χ1n) is 12.1. The molecule has 34 heavy (non-hydrogen) atoms. The lowest BCUT2D eigenvalue weighted by molar-refractivity contribution is -0.139. The minimum Gasteiger partial charge on any atom is -0.340 e. The maximum Gasteiger partial charge on any atom is 0.321 e. The van der Waals surface area contributed by atoms with Crippen molar-refractivity contribution in [3.63, 3.8) is 0 Å². The van der Waals surface area contributed by atoms with Crippen molar-refractivity contribution in [2.75, 3.05) is 44.6 Å². The Kier molecular flexibility index (Phi) is 6.78. The molecule has 2 aliphatic rings. The van der Waals surface area contributed by atoms with Crippen LogP contribution in [0.3, 0.4) is 0 Å². The molecule has 2 fully saturated rings. The molecule has 0 unspecified atom stereocenters. The number of urea groups is 1. The minimum absolute atomic E-state index is 0.00834. The molecular weight excluding hydrogens is 446 g/mol. The highest BCUT2D eigenvalue weighted by Gasteiger charge is 2.33. The summed E-state index contributed by atoms with van der Waals surface area (Å²) in [7, 11) is 0. The van der Waals surface area contributed by atoms with Crippen molar-refractivity contribution in [2.45, 2.75) is 25.8 Å². The molecule has 2 aromatic carbocycles. The van der Waals surface area contributed by atoms with Crippen LogP contribution >= 0.6 is 11.3 Å². The van der Waals surface area contributed by atoms with E-state index in [4.69, 9.17) is 4.98 Å². The number of nitrogens with one attached hydrogen (secondary N) is 1. The fourth-order valence-corrected chi connectivity index (χ4v) is 5.92. The largest absolute Gasteiger partial charge is 0.340 e. The third-order valence-corrected chi connectivity index (χ3v) is 8.20. The number of thiazole rings is 1. The third-order valence-electron chi connectivity index (χ3n) is 7.00. The number of hydrogen-bond donors (Lipinski definition) is 1. The summed E-state index contributed by atoms with van der Waals surface area (Å²) in [6.45, 7) is 6.67. The molecule has 178 valence electrons. The number of carbonyl (C=O) groups excluding carboxylic acids is 2. The lowest BCUT2D eigenvalue weighted by atomic mass is 9.95. The van der Waals surface area contributed by atoms with E-state index in [1.807, 2.05) is 46.2 Å². The van der Waals surface area contributed by atoms with Gasteiger partial charge in [0.25, 0.3) is 0 Å². The number of para-hydroxylation sites is 2. The summed E-state index contributed by atoms with van der Waals surface area (Å²) in [6, 6.07) is 17.9. The highest BCUT2D eigenvalue weighted by molar-refractivity contribution is 7.18. The van der Waals surface area contributed by atoms with Gasteiger partial charge < -0.3 is 15.1 Å². The molecule has 5 rings (SSSR count). The number of fused-ring (bicyclic) bond motifs is 1. The Hall–Kier alpha value is -2.97. The van der Waals surface area contributed by atoms with E-state index in [1.165, 1.54) is 4.70 Å². The fraction of sp³-hybridized carbons (Fsp3) is 0.423. The molecule has 3 aromatic rings. The second-order valence-electron chi connectivity index (χ2n) is 9.11. The van der Waals surface area contributed by atoms with E-state index in [2.05, 4.69) is 35.3 Å². The van der Waals surface area contributed by atoms with Gasteiger partial charge in [-0.3, -0.25) is 9.69 Å². The van der Waals surface area contributed by atoms with Crippen LogP contribution in [0.25, 0.3) is 10.2 Å². The van der Waals surface area contributed by atoms with Gasteiger partial charge in [0.1, 0.15) is 5.01 Å². The number of nitrogens with zero attached hydrogens (tertiary/aromatic N) is 4. The van der Waals surface area contributed by atoms with Crippen molar-refractivity contribution >= 4 is 39.2 Å². The van der Waals surface area contributed by atoms with Gasteiger partial charge >= 0.3 is 6.03 Å². The summed E-state index contributed by atoms with van der Waals surface area (Å²) in [6.07, 6.45) is 1.45. The Morgan fingerprint density at radius 2 is 1.59 bits per heavy atom. The summed E-state index contributed by atoms with van der Waals surface area (Å²) < 4.78 is 1.22. The predicted molar refractivity (Wildman–Crippen MR) is 136 cm³/mol. The monoisotopic (exact) mass is 477 g/mol. The Balaban J connectivity index is 1.09. The molecule has 0 radical (unpaired) electrons. The van der Waals surface area contributed by atoms with Crippen molar-refractivity contribution in [1.29, 1.82) is 0 Å². The molecule has 0 bridgehead atoms. The Labute approximate surface area is 204 Å². The van der Waals surface area contributed by atoms with Crippen LogP contribution in [0.1, 0.15) is 30.8 Å². The number of carbonyl (C=O) groups is 2. The van der Waals surface area contributed by atoms with E-state index in [-0.39, 0.29) is 23.9 Å². The molecule has 8 heteroatoms. The number of piperazine rings is 1. The van der Waals surface area contributed by atoms with Gasteiger partial charge in [-0.25, -0.2) is 9.78 Å². The van der Waals surface area contributed by atoms with Gasteiger partial charge in [0.15, 0.2) is 0 Å². The summed E-state index contributed by atoms with van der Waals surface area (Å²) in [5.41, 5.74) is 1.86. The van der Waals surface area contributed by atoms with Crippen molar-refractivity contribution in [1.82, 2.24) is 19.7 Å². The average Bonchev–Trinajstić information content (AvgIpc) is 3.33. The minimum atomic E-state index is -0.0884. The number of likely N-dealkylation sites (tertiary alicyclic amines) is 1. The predicted octanol–water partition coefficient (Wildman–Crippen LogP) is 4.45. The van der Waals surface area contributed by atoms with Crippen LogP contribution in [-0.4, -0.2) is 70.9 Å². The van der Waals surface area contributed by atoms with E-state index >= 15 is 0 Å². The number of hydrogen-bond acceptors (Lipinski definition) is 5. The van der Waals surface area contributed by atoms with Crippen LogP contribution in [0.15, 0.2) is 54.6 Å². The molecule has 3 heterocycles. The number of rotatable bonds is 4. The molecule has 1 atom stereocenters. The molecule has 0 aliphatic carbocycles. The molecule has 2 aliphatic heterocycles. The second kappa shape index (κ2) is 10.1. The molecule has 3 amide bonds. The standard InChI is InChI=1S/C26H31N5O2S/c1-19(24-28-22-9-5-6-10-23(22)34-24)29-15-17-30(18-16-29)25(32)20-11-13-31(14-12-20)26(33)27-21-7-3-2-4-8-21/h2-10,19-20H,11-18H2,1H3,(H,27,33)/t19-/m1/s1. The number of anilines is 1. The van der Waals surface area contributed by atoms with E-state index in [0.717, 1.165) is 55.2 Å². The third kappa shape index (κ3) is 4.93. The molecule has 0 saturated carbocycles. The zero-order valence-electron chi connectivity index (χ0n) is 19.5. The second-order valence-corrected chi connectivity index (χ2v) is 10.2. The SMILES string of the molecule is C[C@H](c1nc2ccccc2s1)N1CCN(C(=O)C2CCN(C(=O)Nc3ccccc3)CC2)CC1. The van der Waals surface area contributed by atoms with E-state index < -0.39 is 0 Å². The first kappa shape index (κ1) is 22.8. The van der Waals surface area contributed by atoms with Crippen LogP contribution in [-0.2, 0) is 4.79 Å². The molecule has 1 N–H and O–H groups in total. The average molecular weight is 478 g/mol. The maximum absolute atomic E-state index is 13.2. The zero-order chi connectivity index (χ0) is 23.5. The van der Waals surface area contributed by atoms with Crippen LogP contribution in [0, 0.1) is 5.92 Å². The zero-order valence-corrected chi connectivity index (χ0v) is 20.3. The first-order valence-corrected chi connectivity index (χ1v) is 12.9. The van der Waals surface area contributed by atoms with Crippen LogP contribution < -0.4 is 5.32 Å². The van der Waals surface area contributed by atoms with E-state index in [9.17, 15) is 9.59 Å². The molecular formula is C26H31N5O2S. The van der Waals surface area contributed by atoms with Crippen molar-refractivity contribution < 1.29 is 9.59 Å². The quantitative estimate of drug-likeness (QED) is 0.603. The van der Waals surface area contributed by atoms with Gasteiger partial charge in [0.2, 0.25) is 5.91 Å². The number of amides is 3.